The Morgan fingerprint density at radius 3 is 2.56 bits per heavy atom. The molecular formula is C29H29F4N7O3. The van der Waals surface area contributed by atoms with Gasteiger partial charge >= 0.3 is 6.18 Å². The highest BCUT2D eigenvalue weighted by atomic mass is 19.4. The van der Waals surface area contributed by atoms with E-state index >= 15 is 0 Å². The van der Waals surface area contributed by atoms with Crippen LogP contribution in [0.1, 0.15) is 62.3 Å². The predicted molar refractivity (Wildman–Crippen MR) is 147 cm³/mol. The lowest BCUT2D eigenvalue weighted by molar-refractivity contribution is -0.165. The molecule has 1 unspecified atom stereocenters. The number of hydrogen-bond acceptors (Lipinski definition) is 8. The van der Waals surface area contributed by atoms with Crippen LogP contribution in [-0.2, 0) is 27.8 Å². The Morgan fingerprint density at radius 2 is 1.91 bits per heavy atom. The number of alkyl halides is 3. The van der Waals surface area contributed by atoms with Gasteiger partial charge in [-0.1, -0.05) is 24.2 Å². The average Bonchev–Trinajstić information content (AvgIpc) is 3.54. The van der Waals surface area contributed by atoms with Crippen molar-refractivity contribution in [3.63, 3.8) is 0 Å². The van der Waals surface area contributed by atoms with Crippen molar-refractivity contribution in [2.45, 2.75) is 69.7 Å². The van der Waals surface area contributed by atoms with Gasteiger partial charge in [-0.05, 0) is 55.7 Å². The molecule has 2 fully saturated rings. The molecule has 0 radical (unpaired) electrons. The number of rotatable bonds is 9. The normalized spacial score (nSPS) is 17.9. The van der Waals surface area contributed by atoms with Crippen LogP contribution in [0.2, 0.25) is 0 Å². The fourth-order valence-corrected chi connectivity index (χ4v) is 5.26. The van der Waals surface area contributed by atoms with Crippen molar-refractivity contribution >= 4 is 23.4 Å². The van der Waals surface area contributed by atoms with E-state index in [0.29, 0.717) is 23.7 Å². The van der Waals surface area contributed by atoms with Crippen molar-refractivity contribution in [3.8, 4) is 11.1 Å². The maximum absolute atomic E-state index is 14.9. The minimum atomic E-state index is -4.46. The molecule has 0 spiro atoms. The van der Waals surface area contributed by atoms with Gasteiger partial charge in [-0.25, -0.2) is 19.0 Å². The van der Waals surface area contributed by atoms with Crippen molar-refractivity contribution in [1.29, 1.82) is 0 Å². The van der Waals surface area contributed by atoms with E-state index in [-0.39, 0.29) is 42.6 Å². The smallest absolute Gasteiger partial charge is 0.358 e. The predicted octanol–water partition coefficient (Wildman–Crippen LogP) is 6.25. The molecule has 1 saturated heterocycles. The van der Waals surface area contributed by atoms with Gasteiger partial charge in [-0.2, -0.15) is 18.3 Å². The van der Waals surface area contributed by atoms with Crippen LogP contribution in [0.5, 0.6) is 0 Å². The Morgan fingerprint density at radius 1 is 1.12 bits per heavy atom. The number of nitrogens with one attached hydrogen (secondary N) is 2. The fraction of sp³-hybridized carbons (Fsp3) is 0.414. The van der Waals surface area contributed by atoms with Crippen LogP contribution in [-0.4, -0.2) is 43.6 Å². The largest absolute Gasteiger partial charge is 0.401 e. The molecule has 2 aliphatic rings. The van der Waals surface area contributed by atoms with Gasteiger partial charge in [-0.3, -0.25) is 4.79 Å². The molecule has 1 atom stereocenters. The van der Waals surface area contributed by atoms with Crippen LogP contribution in [0.15, 0.2) is 47.4 Å². The molecule has 43 heavy (non-hydrogen) atoms. The lowest BCUT2D eigenvalue weighted by Crippen LogP contribution is -2.28. The summed E-state index contributed by atoms with van der Waals surface area (Å²) >= 11 is 0. The monoisotopic (exact) mass is 599 g/mol. The van der Waals surface area contributed by atoms with Gasteiger partial charge in [0.2, 0.25) is 11.9 Å². The molecule has 4 aromatic rings. The van der Waals surface area contributed by atoms with Gasteiger partial charge in [-0.15, -0.1) is 0 Å². The van der Waals surface area contributed by atoms with Gasteiger partial charge < -0.3 is 19.9 Å². The molecule has 1 aliphatic carbocycles. The van der Waals surface area contributed by atoms with Crippen molar-refractivity contribution < 1.29 is 31.6 Å². The van der Waals surface area contributed by atoms with Gasteiger partial charge in [0.1, 0.15) is 11.2 Å². The average molecular weight is 600 g/mol. The summed E-state index contributed by atoms with van der Waals surface area (Å²) in [5.41, 5.74) is 0.896. The van der Waals surface area contributed by atoms with E-state index < -0.39 is 23.3 Å². The molecule has 3 aromatic heterocycles. The van der Waals surface area contributed by atoms with E-state index in [2.05, 4.69) is 30.9 Å². The number of amides is 1. The van der Waals surface area contributed by atoms with E-state index in [9.17, 15) is 22.4 Å². The van der Waals surface area contributed by atoms with E-state index in [1.165, 1.54) is 12.1 Å². The number of ether oxygens (including phenoxy) is 1. The summed E-state index contributed by atoms with van der Waals surface area (Å²) in [4.78, 5) is 21.2. The van der Waals surface area contributed by atoms with Crippen molar-refractivity contribution in [2.75, 3.05) is 17.2 Å². The first-order valence-corrected chi connectivity index (χ1v) is 14.1. The van der Waals surface area contributed by atoms with Crippen LogP contribution < -0.4 is 10.6 Å². The van der Waals surface area contributed by atoms with Crippen molar-refractivity contribution in [3.05, 3.63) is 65.7 Å². The van der Waals surface area contributed by atoms with Crippen LogP contribution in [0.25, 0.3) is 11.1 Å². The van der Waals surface area contributed by atoms with Gasteiger partial charge in [0.15, 0.2) is 17.8 Å². The van der Waals surface area contributed by atoms with Crippen molar-refractivity contribution in [2.24, 2.45) is 0 Å². The maximum atomic E-state index is 14.9. The highest BCUT2D eigenvalue weighted by molar-refractivity contribution is 5.91. The number of carbonyl (C=O) groups excluding carboxylic acids is 1. The SMILES string of the molecule is CCc1c(Nc2ncc(-c3ccc(CC(=O)Nc4cc(C5(C(F)(F)F)CC5)on4)c(F)c3)cn2)cnn1C1CCCCO1. The molecule has 4 heterocycles. The van der Waals surface area contributed by atoms with Crippen molar-refractivity contribution in [1.82, 2.24) is 24.9 Å². The summed E-state index contributed by atoms with van der Waals surface area (Å²) in [5, 5.41) is 13.6. The fourth-order valence-electron chi connectivity index (χ4n) is 5.26. The minimum absolute atomic E-state index is 0.0835. The number of carbonyl (C=O) groups is 1. The lowest BCUT2D eigenvalue weighted by Gasteiger charge is -2.24. The number of aromatic nitrogens is 5. The summed E-state index contributed by atoms with van der Waals surface area (Å²) in [6.07, 6.45) is 3.56. The van der Waals surface area contributed by atoms with Crippen LogP contribution >= 0.6 is 0 Å². The van der Waals surface area contributed by atoms with Crippen LogP contribution in [0, 0.1) is 5.82 Å². The summed E-state index contributed by atoms with van der Waals surface area (Å²) in [6.45, 7) is 2.76. The number of anilines is 3. The highest BCUT2D eigenvalue weighted by Gasteiger charge is 2.66. The molecule has 6 rings (SSSR count). The second-order valence-corrected chi connectivity index (χ2v) is 10.7. The third-order valence-corrected chi connectivity index (χ3v) is 7.84. The Balaban J connectivity index is 1.08. The van der Waals surface area contributed by atoms with Gasteiger partial charge in [0.25, 0.3) is 0 Å². The molecule has 0 bridgehead atoms. The number of nitrogens with zero attached hydrogens (tertiary/aromatic N) is 5. The molecule has 1 saturated carbocycles. The van der Waals surface area contributed by atoms with Gasteiger partial charge in [0.05, 0.1) is 24.0 Å². The Kier molecular flexibility index (Phi) is 7.63. The number of benzene rings is 1. The zero-order valence-corrected chi connectivity index (χ0v) is 23.2. The van der Waals surface area contributed by atoms with E-state index in [1.807, 2.05) is 11.6 Å². The summed E-state index contributed by atoms with van der Waals surface area (Å²) in [7, 11) is 0. The zero-order valence-electron chi connectivity index (χ0n) is 23.2. The molecule has 10 nitrogen and oxygen atoms in total. The lowest BCUT2D eigenvalue weighted by atomic mass is 10.0. The number of hydrogen-bond donors (Lipinski definition) is 2. The molecule has 1 aromatic carbocycles. The number of halogens is 4. The molecule has 1 amide bonds. The first-order chi connectivity index (χ1) is 20.7. The molecule has 1 aliphatic heterocycles. The second-order valence-electron chi connectivity index (χ2n) is 10.7. The zero-order chi connectivity index (χ0) is 30.2. The van der Waals surface area contributed by atoms with Crippen LogP contribution in [0.4, 0.5) is 35.0 Å². The van der Waals surface area contributed by atoms with Crippen LogP contribution in [0.3, 0.4) is 0 Å². The molecule has 2 N–H and O–H groups in total. The Bertz CT molecular complexity index is 1610. The summed E-state index contributed by atoms with van der Waals surface area (Å²) in [6, 6.07) is 5.43. The maximum Gasteiger partial charge on any atom is 0.401 e. The van der Waals surface area contributed by atoms with E-state index in [4.69, 9.17) is 9.26 Å². The Hall–Kier alpha value is -4.33. The topological polar surface area (TPSA) is 120 Å². The quantitative estimate of drug-likeness (QED) is 0.217. The molecule has 14 heteroatoms. The minimum Gasteiger partial charge on any atom is -0.358 e. The third-order valence-electron chi connectivity index (χ3n) is 7.84. The first kappa shape index (κ1) is 28.8. The molecule has 226 valence electrons. The van der Waals surface area contributed by atoms with Gasteiger partial charge in [0, 0.05) is 30.6 Å². The first-order valence-electron chi connectivity index (χ1n) is 14.1. The summed E-state index contributed by atoms with van der Waals surface area (Å²) in [5.74, 6) is -1.42. The Labute approximate surface area is 243 Å². The summed E-state index contributed by atoms with van der Waals surface area (Å²) < 4.78 is 67.5. The standard InChI is InChI=1S/C29H29F4N7O3/c1-2-22-21(16-36-40(22)26-5-3-4-10-42-26)37-27-34-14-19(15-35-27)17-6-7-18(20(30)11-17)12-25(41)38-24-13-23(43-39-24)28(8-9-28)29(31,32)33/h6-7,11,13-16,26H,2-5,8-10,12H2,1H3,(H,34,35,37)(H,38,39,41). The third kappa shape index (κ3) is 5.83. The van der Waals surface area contributed by atoms with E-state index in [0.717, 1.165) is 43.1 Å². The van der Waals surface area contributed by atoms with E-state index in [1.54, 1.807) is 24.7 Å². The molecular weight excluding hydrogens is 570 g/mol. The highest BCUT2D eigenvalue weighted by Crippen LogP contribution is 2.59. The second kappa shape index (κ2) is 11.4.